The molecule has 2 aromatic heterocycles. The maximum atomic E-state index is 12.2. The first kappa shape index (κ1) is 17.7. The molecule has 0 atom stereocenters. The molecule has 0 bridgehead atoms. The van der Waals surface area contributed by atoms with Gasteiger partial charge in [0.2, 0.25) is 5.89 Å². The molecule has 25 heavy (non-hydrogen) atoms. The Bertz CT molecular complexity index is 658. The van der Waals surface area contributed by atoms with E-state index in [9.17, 15) is 4.79 Å². The van der Waals surface area contributed by atoms with Gasteiger partial charge in [0.15, 0.2) is 11.6 Å². The van der Waals surface area contributed by atoms with E-state index in [0.29, 0.717) is 49.5 Å². The lowest BCUT2D eigenvalue weighted by molar-refractivity contribution is 0.00865. The number of carbonyl (C=O) groups is 1. The van der Waals surface area contributed by atoms with Crippen LogP contribution < -0.4 is 0 Å². The van der Waals surface area contributed by atoms with E-state index in [1.54, 1.807) is 12.1 Å². The Kier molecular flexibility index (Phi) is 5.86. The zero-order valence-electron chi connectivity index (χ0n) is 14.8. The Balaban J connectivity index is 1.36. The molecule has 1 fully saturated rings. The molecule has 136 valence electrons. The van der Waals surface area contributed by atoms with E-state index in [0.717, 1.165) is 19.3 Å². The van der Waals surface area contributed by atoms with Crippen LogP contribution in [0, 0.1) is 5.92 Å². The van der Waals surface area contributed by atoms with Crippen LogP contribution in [0.5, 0.6) is 0 Å². The highest BCUT2D eigenvalue weighted by Crippen LogP contribution is 2.17. The molecule has 0 radical (unpaired) electrons. The molecule has 0 N–H and O–H groups in total. The van der Waals surface area contributed by atoms with Gasteiger partial charge in [-0.1, -0.05) is 19.0 Å². The van der Waals surface area contributed by atoms with Gasteiger partial charge in [-0.3, -0.25) is 4.79 Å². The van der Waals surface area contributed by atoms with E-state index in [1.165, 1.54) is 6.26 Å². The van der Waals surface area contributed by atoms with Crippen LogP contribution >= 0.6 is 0 Å². The van der Waals surface area contributed by atoms with Crippen molar-refractivity contribution in [3.05, 3.63) is 35.9 Å². The number of nitrogens with zero attached hydrogens (tertiary/aromatic N) is 3. The summed E-state index contributed by atoms with van der Waals surface area (Å²) < 4.78 is 16.3. The smallest absolute Gasteiger partial charge is 0.289 e. The molecule has 1 aliphatic rings. The molecule has 0 aromatic carbocycles. The fourth-order valence-electron chi connectivity index (χ4n) is 2.92. The topological polar surface area (TPSA) is 81.6 Å². The number of likely N-dealkylation sites (tertiary alicyclic amines) is 1. The number of ether oxygens (including phenoxy) is 1. The first-order valence-corrected chi connectivity index (χ1v) is 8.87. The van der Waals surface area contributed by atoms with Gasteiger partial charge in [-0.15, -0.1) is 0 Å². The monoisotopic (exact) mass is 347 g/mol. The first-order chi connectivity index (χ1) is 12.1. The second-order valence-electron chi connectivity index (χ2n) is 6.79. The molecule has 1 amide bonds. The number of amides is 1. The Morgan fingerprint density at radius 2 is 2.20 bits per heavy atom. The number of carbonyl (C=O) groups excluding carboxylic acids is 1. The van der Waals surface area contributed by atoms with Crippen molar-refractivity contribution in [2.24, 2.45) is 5.92 Å². The minimum atomic E-state index is -0.0482. The third-order valence-electron chi connectivity index (χ3n) is 4.23. The molecule has 0 aliphatic carbocycles. The van der Waals surface area contributed by atoms with Crippen LogP contribution in [-0.2, 0) is 17.6 Å². The number of rotatable bonds is 7. The van der Waals surface area contributed by atoms with Crippen molar-refractivity contribution in [1.29, 1.82) is 0 Å². The summed E-state index contributed by atoms with van der Waals surface area (Å²) in [4.78, 5) is 18.4. The number of hydrogen-bond donors (Lipinski definition) is 0. The number of furan rings is 1. The average molecular weight is 347 g/mol. The summed E-state index contributed by atoms with van der Waals surface area (Å²) in [5.74, 6) is 2.23. The first-order valence-electron chi connectivity index (χ1n) is 8.87. The predicted octanol–water partition coefficient (Wildman–Crippen LogP) is 2.73. The predicted molar refractivity (Wildman–Crippen MR) is 90.1 cm³/mol. The minimum Gasteiger partial charge on any atom is -0.459 e. The third-order valence-corrected chi connectivity index (χ3v) is 4.23. The van der Waals surface area contributed by atoms with E-state index < -0.39 is 0 Å². The zero-order valence-corrected chi connectivity index (χ0v) is 14.8. The number of piperidine rings is 1. The second kappa shape index (κ2) is 8.29. The molecule has 0 spiro atoms. The van der Waals surface area contributed by atoms with Gasteiger partial charge in [0.25, 0.3) is 5.91 Å². The molecule has 0 saturated carbocycles. The highest BCUT2D eigenvalue weighted by molar-refractivity contribution is 5.91. The molecule has 7 nitrogen and oxygen atoms in total. The fraction of sp³-hybridized carbons (Fsp3) is 0.611. The lowest BCUT2D eigenvalue weighted by Crippen LogP contribution is -2.40. The Hall–Kier alpha value is -2.15. The van der Waals surface area contributed by atoms with Crippen molar-refractivity contribution in [3.8, 4) is 0 Å². The van der Waals surface area contributed by atoms with Crippen LogP contribution in [0.3, 0.4) is 0 Å². The molecular weight excluding hydrogens is 322 g/mol. The Morgan fingerprint density at radius 3 is 2.88 bits per heavy atom. The van der Waals surface area contributed by atoms with Gasteiger partial charge in [0, 0.05) is 25.9 Å². The van der Waals surface area contributed by atoms with Crippen molar-refractivity contribution >= 4 is 5.91 Å². The fourth-order valence-corrected chi connectivity index (χ4v) is 2.92. The molecule has 7 heteroatoms. The van der Waals surface area contributed by atoms with Gasteiger partial charge < -0.3 is 18.6 Å². The normalized spacial score (nSPS) is 15.9. The maximum Gasteiger partial charge on any atom is 0.289 e. The van der Waals surface area contributed by atoms with Crippen molar-refractivity contribution in [2.75, 3.05) is 19.7 Å². The third kappa shape index (κ3) is 4.92. The van der Waals surface area contributed by atoms with E-state index in [1.807, 2.05) is 4.90 Å². The summed E-state index contributed by atoms with van der Waals surface area (Å²) in [6.07, 6.45) is 4.80. The molecular formula is C18H25N3O4. The van der Waals surface area contributed by atoms with Crippen LogP contribution in [0.1, 0.15) is 49.0 Å². The van der Waals surface area contributed by atoms with Crippen LogP contribution in [0.4, 0.5) is 0 Å². The molecule has 0 unspecified atom stereocenters. The minimum absolute atomic E-state index is 0.0482. The standard InChI is InChI=1S/C18H25N3O4/c1-13(2)12-17-19-16(20-25-17)7-11-23-14-5-8-21(9-6-14)18(22)15-4-3-10-24-15/h3-4,10,13-14H,5-9,11-12H2,1-2H3. The van der Waals surface area contributed by atoms with Crippen molar-refractivity contribution in [3.63, 3.8) is 0 Å². The lowest BCUT2D eigenvalue weighted by Gasteiger charge is -2.31. The van der Waals surface area contributed by atoms with E-state index in [4.69, 9.17) is 13.7 Å². The van der Waals surface area contributed by atoms with Gasteiger partial charge >= 0.3 is 0 Å². The van der Waals surface area contributed by atoms with E-state index >= 15 is 0 Å². The quantitative estimate of drug-likeness (QED) is 0.766. The summed E-state index contributed by atoms with van der Waals surface area (Å²) >= 11 is 0. The largest absolute Gasteiger partial charge is 0.459 e. The summed E-state index contributed by atoms with van der Waals surface area (Å²) in [6, 6.07) is 3.43. The van der Waals surface area contributed by atoms with Gasteiger partial charge in [0.1, 0.15) is 0 Å². The average Bonchev–Trinajstić information content (AvgIpc) is 3.26. The van der Waals surface area contributed by atoms with Crippen LogP contribution in [0.2, 0.25) is 0 Å². The highest BCUT2D eigenvalue weighted by atomic mass is 16.5. The van der Waals surface area contributed by atoms with Gasteiger partial charge in [-0.05, 0) is 30.9 Å². The number of hydrogen-bond acceptors (Lipinski definition) is 6. The molecule has 3 heterocycles. The van der Waals surface area contributed by atoms with Crippen LogP contribution in [0.15, 0.2) is 27.3 Å². The Morgan fingerprint density at radius 1 is 1.40 bits per heavy atom. The maximum absolute atomic E-state index is 12.2. The Labute approximate surface area is 147 Å². The SMILES string of the molecule is CC(C)Cc1nc(CCOC2CCN(C(=O)c3ccco3)CC2)no1. The van der Waals surface area contributed by atoms with Crippen LogP contribution in [0.25, 0.3) is 0 Å². The van der Waals surface area contributed by atoms with Crippen molar-refractivity contribution < 1.29 is 18.5 Å². The van der Waals surface area contributed by atoms with Crippen molar-refractivity contribution in [1.82, 2.24) is 15.0 Å². The van der Waals surface area contributed by atoms with Gasteiger partial charge in [0.05, 0.1) is 19.0 Å². The van der Waals surface area contributed by atoms with E-state index in [2.05, 4.69) is 24.0 Å². The molecule has 3 rings (SSSR count). The molecule has 1 aliphatic heterocycles. The summed E-state index contributed by atoms with van der Waals surface area (Å²) in [7, 11) is 0. The van der Waals surface area contributed by atoms with Gasteiger partial charge in [-0.2, -0.15) is 4.98 Å². The summed E-state index contributed by atoms with van der Waals surface area (Å²) in [6.45, 7) is 6.18. The number of aromatic nitrogens is 2. The van der Waals surface area contributed by atoms with Crippen molar-refractivity contribution in [2.45, 2.75) is 45.6 Å². The highest BCUT2D eigenvalue weighted by Gasteiger charge is 2.25. The summed E-state index contributed by atoms with van der Waals surface area (Å²) in [5.41, 5.74) is 0. The molecule has 1 saturated heterocycles. The zero-order chi connectivity index (χ0) is 17.6. The van der Waals surface area contributed by atoms with Crippen LogP contribution in [-0.4, -0.2) is 46.7 Å². The second-order valence-corrected chi connectivity index (χ2v) is 6.79. The van der Waals surface area contributed by atoms with Gasteiger partial charge in [-0.25, -0.2) is 0 Å². The lowest BCUT2D eigenvalue weighted by atomic mass is 10.1. The van der Waals surface area contributed by atoms with E-state index in [-0.39, 0.29) is 12.0 Å². The summed E-state index contributed by atoms with van der Waals surface area (Å²) in [5, 5.41) is 3.99. The molecule has 2 aromatic rings.